The molecule has 104 valence electrons. The van der Waals surface area contributed by atoms with E-state index in [1.165, 1.54) is 18.0 Å². The molecule has 0 saturated heterocycles. The molecule has 5 nitrogen and oxygen atoms in total. The van der Waals surface area contributed by atoms with Gasteiger partial charge in [0.2, 0.25) is 0 Å². The van der Waals surface area contributed by atoms with E-state index in [1.54, 1.807) is 0 Å². The highest BCUT2D eigenvalue weighted by molar-refractivity contribution is 7.99. The van der Waals surface area contributed by atoms with Gasteiger partial charge in [0.1, 0.15) is 6.61 Å². The van der Waals surface area contributed by atoms with Gasteiger partial charge in [0.05, 0.1) is 10.8 Å². The minimum Gasteiger partial charge on any atom is -0.460 e. The number of aryl methyl sites for hydroxylation is 1. The lowest BCUT2D eigenvalue weighted by atomic mass is 10.2. The van der Waals surface area contributed by atoms with Crippen molar-refractivity contribution in [3.8, 4) is 0 Å². The SMILES string of the molecule is Cc1cnc(=O)[nH]c1SCC(=O)OCc1ccccc1. The molecule has 0 spiro atoms. The summed E-state index contributed by atoms with van der Waals surface area (Å²) in [6.07, 6.45) is 1.48. The molecule has 0 aliphatic carbocycles. The largest absolute Gasteiger partial charge is 0.460 e. The Morgan fingerprint density at radius 3 is 2.85 bits per heavy atom. The second kappa shape index (κ2) is 6.91. The van der Waals surface area contributed by atoms with E-state index >= 15 is 0 Å². The Bertz CT molecular complexity index is 640. The summed E-state index contributed by atoms with van der Waals surface area (Å²) < 4.78 is 5.15. The number of aromatic amines is 1. The van der Waals surface area contributed by atoms with Crippen LogP contribution in [0, 0.1) is 6.92 Å². The molecule has 0 atom stereocenters. The topological polar surface area (TPSA) is 72.0 Å². The number of benzene rings is 1. The fraction of sp³-hybridized carbons (Fsp3) is 0.214. The molecule has 2 aromatic rings. The van der Waals surface area contributed by atoms with Gasteiger partial charge in [-0.25, -0.2) is 9.78 Å². The normalized spacial score (nSPS) is 10.2. The van der Waals surface area contributed by atoms with E-state index in [2.05, 4.69) is 9.97 Å². The van der Waals surface area contributed by atoms with Gasteiger partial charge in [-0.2, -0.15) is 0 Å². The fourth-order valence-electron chi connectivity index (χ4n) is 1.50. The average molecular weight is 290 g/mol. The fourth-order valence-corrected chi connectivity index (χ4v) is 2.29. The first-order chi connectivity index (χ1) is 9.65. The highest BCUT2D eigenvalue weighted by Gasteiger charge is 2.07. The van der Waals surface area contributed by atoms with E-state index in [0.717, 1.165) is 11.1 Å². The Morgan fingerprint density at radius 1 is 1.35 bits per heavy atom. The number of aromatic nitrogens is 2. The van der Waals surface area contributed by atoms with Crippen molar-refractivity contribution in [2.75, 3.05) is 5.75 Å². The zero-order valence-electron chi connectivity index (χ0n) is 11.0. The molecule has 0 saturated carbocycles. The average Bonchev–Trinajstić information content (AvgIpc) is 2.47. The van der Waals surface area contributed by atoms with Gasteiger partial charge in [0, 0.05) is 6.20 Å². The third-order valence-electron chi connectivity index (χ3n) is 2.53. The van der Waals surface area contributed by atoms with Crippen LogP contribution >= 0.6 is 11.8 Å². The lowest BCUT2D eigenvalue weighted by Gasteiger charge is -2.06. The van der Waals surface area contributed by atoms with Gasteiger partial charge >= 0.3 is 11.7 Å². The summed E-state index contributed by atoms with van der Waals surface area (Å²) in [6, 6.07) is 9.48. The number of hydrogen-bond donors (Lipinski definition) is 1. The molecule has 0 aliphatic rings. The molecule has 0 radical (unpaired) electrons. The molecule has 1 N–H and O–H groups in total. The van der Waals surface area contributed by atoms with Crippen molar-refractivity contribution < 1.29 is 9.53 Å². The summed E-state index contributed by atoms with van der Waals surface area (Å²) in [5.41, 5.74) is 1.35. The number of nitrogens with one attached hydrogen (secondary N) is 1. The van der Waals surface area contributed by atoms with Crippen molar-refractivity contribution in [1.29, 1.82) is 0 Å². The third kappa shape index (κ3) is 4.24. The molecule has 0 unspecified atom stereocenters. The van der Waals surface area contributed by atoms with Gasteiger partial charge in [-0.3, -0.25) is 4.79 Å². The van der Waals surface area contributed by atoms with Crippen molar-refractivity contribution in [2.45, 2.75) is 18.6 Å². The first-order valence-corrected chi connectivity index (χ1v) is 7.02. The van der Waals surface area contributed by atoms with E-state index in [0.29, 0.717) is 5.03 Å². The summed E-state index contributed by atoms with van der Waals surface area (Å²) >= 11 is 1.23. The van der Waals surface area contributed by atoms with Crippen LogP contribution in [-0.2, 0) is 16.1 Å². The summed E-state index contributed by atoms with van der Waals surface area (Å²) in [5, 5.41) is 0.640. The molecule has 0 aliphatic heterocycles. The number of carbonyl (C=O) groups is 1. The number of nitrogens with zero attached hydrogens (tertiary/aromatic N) is 1. The predicted octanol–water partition coefficient (Wildman–Crippen LogP) is 1.91. The molecule has 0 fully saturated rings. The second-order valence-corrected chi connectivity index (χ2v) is 5.12. The summed E-state index contributed by atoms with van der Waals surface area (Å²) in [4.78, 5) is 28.9. The molecule has 2 rings (SSSR count). The van der Waals surface area contributed by atoms with Gasteiger partial charge in [-0.1, -0.05) is 42.1 Å². The summed E-state index contributed by atoms with van der Waals surface area (Å²) in [5.74, 6) is -0.177. The van der Waals surface area contributed by atoms with Crippen LogP contribution in [0.3, 0.4) is 0 Å². The number of ether oxygens (including phenoxy) is 1. The summed E-state index contributed by atoms with van der Waals surface area (Å²) in [7, 11) is 0. The lowest BCUT2D eigenvalue weighted by Crippen LogP contribution is -2.12. The Morgan fingerprint density at radius 2 is 2.10 bits per heavy atom. The Hall–Kier alpha value is -2.08. The van der Waals surface area contributed by atoms with E-state index in [9.17, 15) is 9.59 Å². The molecule has 6 heteroatoms. The van der Waals surface area contributed by atoms with Crippen LogP contribution in [-0.4, -0.2) is 21.7 Å². The van der Waals surface area contributed by atoms with Crippen LogP contribution in [0.1, 0.15) is 11.1 Å². The number of thioether (sulfide) groups is 1. The van der Waals surface area contributed by atoms with Crippen molar-refractivity contribution in [1.82, 2.24) is 9.97 Å². The van der Waals surface area contributed by atoms with E-state index in [1.807, 2.05) is 37.3 Å². The van der Waals surface area contributed by atoms with E-state index < -0.39 is 5.69 Å². The minimum absolute atomic E-state index is 0.146. The van der Waals surface area contributed by atoms with Gasteiger partial charge < -0.3 is 9.72 Å². The van der Waals surface area contributed by atoms with Gasteiger partial charge in [-0.15, -0.1) is 0 Å². The van der Waals surface area contributed by atoms with Crippen molar-refractivity contribution in [3.63, 3.8) is 0 Å². The van der Waals surface area contributed by atoms with Crippen LogP contribution in [0.4, 0.5) is 0 Å². The number of carbonyl (C=O) groups excluding carboxylic acids is 1. The van der Waals surface area contributed by atoms with E-state index in [-0.39, 0.29) is 18.3 Å². The molecular weight excluding hydrogens is 276 g/mol. The molecular formula is C14H14N2O3S. The zero-order valence-corrected chi connectivity index (χ0v) is 11.8. The zero-order chi connectivity index (χ0) is 14.4. The smallest absolute Gasteiger partial charge is 0.345 e. The maximum Gasteiger partial charge on any atom is 0.345 e. The molecule has 0 amide bonds. The minimum atomic E-state index is -0.421. The van der Waals surface area contributed by atoms with Crippen molar-refractivity contribution in [2.24, 2.45) is 0 Å². The van der Waals surface area contributed by atoms with Gasteiger partial charge in [0.25, 0.3) is 0 Å². The Labute approximate surface area is 120 Å². The molecule has 1 aromatic heterocycles. The monoisotopic (exact) mass is 290 g/mol. The predicted molar refractivity (Wildman–Crippen MR) is 76.6 cm³/mol. The third-order valence-corrected chi connectivity index (χ3v) is 3.62. The van der Waals surface area contributed by atoms with Gasteiger partial charge in [-0.05, 0) is 18.1 Å². The first kappa shape index (κ1) is 14.3. The molecule has 1 heterocycles. The van der Waals surface area contributed by atoms with Gasteiger partial charge in [0.15, 0.2) is 0 Å². The molecule has 20 heavy (non-hydrogen) atoms. The van der Waals surface area contributed by atoms with Crippen molar-refractivity contribution >= 4 is 17.7 Å². The number of hydrogen-bond acceptors (Lipinski definition) is 5. The quantitative estimate of drug-likeness (QED) is 0.517. The highest BCUT2D eigenvalue weighted by atomic mass is 32.2. The van der Waals surface area contributed by atoms with Crippen LogP contribution in [0.15, 0.2) is 46.3 Å². The number of rotatable bonds is 5. The van der Waals surface area contributed by atoms with Crippen LogP contribution in [0.25, 0.3) is 0 Å². The second-order valence-electron chi connectivity index (χ2n) is 4.14. The summed E-state index contributed by atoms with van der Waals surface area (Å²) in [6.45, 7) is 2.08. The molecule has 1 aromatic carbocycles. The Balaban J connectivity index is 1.83. The van der Waals surface area contributed by atoms with Crippen LogP contribution in [0.2, 0.25) is 0 Å². The van der Waals surface area contributed by atoms with Crippen LogP contribution in [0.5, 0.6) is 0 Å². The van der Waals surface area contributed by atoms with Crippen molar-refractivity contribution in [3.05, 3.63) is 58.1 Å². The van der Waals surface area contributed by atoms with E-state index in [4.69, 9.17) is 4.74 Å². The Kier molecular flexibility index (Phi) is 4.95. The number of H-pyrrole nitrogens is 1. The maximum absolute atomic E-state index is 11.6. The first-order valence-electron chi connectivity index (χ1n) is 6.03. The highest BCUT2D eigenvalue weighted by Crippen LogP contribution is 2.17. The van der Waals surface area contributed by atoms with Crippen LogP contribution < -0.4 is 5.69 Å². The lowest BCUT2D eigenvalue weighted by molar-refractivity contribution is -0.141. The number of esters is 1. The standard InChI is InChI=1S/C14H14N2O3S/c1-10-7-15-14(18)16-13(10)20-9-12(17)19-8-11-5-3-2-4-6-11/h2-7H,8-9H2,1H3,(H,15,16,18). The molecule has 0 bridgehead atoms. The maximum atomic E-state index is 11.6.